The maximum absolute atomic E-state index is 9.86. The molecule has 136 valence electrons. The SMILES string of the molecule is BrCc1ccccc1.Cc1cc(C)c(OCc2ccc(Br)cc2)c(O)c1. The molecule has 0 aliphatic heterocycles. The zero-order valence-corrected chi connectivity index (χ0v) is 18.0. The van der Waals surface area contributed by atoms with Gasteiger partial charge in [0, 0.05) is 9.80 Å². The number of rotatable bonds is 4. The number of phenolic OH excluding ortho intramolecular Hbond substituents is 1. The van der Waals surface area contributed by atoms with Gasteiger partial charge >= 0.3 is 0 Å². The van der Waals surface area contributed by atoms with Crippen LogP contribution in [0.5, 0.6) is 11.5 Å². The van der Waals surface area contributed by atoms with Gasteiger partial charge in [-0.3, -0.25) is 0 Å². The molecule has 4 heteroatoms. The zero-order chi connectivity index (χ0) is 18.9. The third-order valence-electron chi connectivity index (χ3n) is 3.69. The second-order valence-electron chi connectivity index (χ2n) is 5.96. The van der Waals surface area contributed by atoms with E-state index in [1.54, 1.807) is 6.07 Å². The Hall–Kier alpha value is -1.78. The molecular formula is C22H22Br2O2. The highest BCUT2D eigenvalue weighted by Gasteiger charge is 2.07. The van der Waals surface area contributed by atoms with Crippen molar-refractivity contribution in [3.8, 4) is 11.5 Å². The molecule has 0 aliphatic carbocycles. The van der Waals surface area contributed by atoms with Crippen molar-refractivity contribution in [2.24, 2.45) is 0 Å². The van der Waals surface area contributed by atoms with Gasteiger partial charge < -0.3 is 9.84 Å². The number of phenols is 1. The minimum atomic E-state index is 0.199. The molecule has 1 N–H and O–H groups in total. The van der Waals surface area contributed by atoms with Gasteiger partial charge in [-0.15, -0.1) is 0 Å². The molecule has 0 fully saturated rings. The summed E-state index contributed by atoms with van der Waals surface area (Å²) >= 11 is 6.75. The summed E-state index contributed by atoms with van der Waals surface area (Å²) in [7, 11) is 0. The molecule has 0 unspecified atom stereocenters. The van der Waals surface area contributed by atoms with Crippen molar-refractivity contribution in [2.45, 2.75) is 25.8 Å². The smallest absolute Gasteiger partial charge is 0.164 e. The number of halogens is 2. The number of hydrogen-bond donors (Lipinski definition) is 1. The monoisotopic (exact) mass is 476 g/mol. The summed E-state index contributed by atoms with van der Waals surface area (Å²) in [6.45, 7) is 4.33. The van der Waals surface area contributed by atoms with E-state index >= 15 is 0 Å². The second-order valence-corrected chi connectivity index (χ2v) is 7.44. The number of hydrogen-bond acceptors (Lipinski definition) is 2. The highest BCUT2D eigenvalue weighted by Crippen LogP contribution is 2.31. The van der Waals surface area contributed by atoms with Crippen molar-refractivity contribution in [2.75, 3.05) is 0 Å². The predicted molar refractivity (Wildman–Crippen MR) is 115 cm³/mol. The standard InChI is InChI=1S/C15H15BrO2.C7H7Br/c1-10-7-11(2)15(14(17)8-10)18-9-12-3-5-13(16)6-4-12;8-6-7-4-2-1-3-5-7/h3-8,17H,9H2,1-2H3;1-5H,6H2. The van der Waals surface area contributed by atoms with Gasteiger partial charge in [0.1, 0.15) is 6.61 Å². The van der Waals surface area contributed by atoms with Crippen LogP contribution in [-0.2, 0) is 11.9 Å². The van der Waals surface area contributed by atoms with Crippen LogP contribution in [0.2, 0.25) is 0 Å². The zero-order valence-electron chi connectivity index (χ0n) is 14.9. The number of ether oxygens (including phenoxy) is 1. The molecule has 0 aromatic heterocycles. The number of alkyl halides is 1. The van der Waals surface area contributed by atoms with Crippen molar-refractivity contribution < 1.29 is 9.84 Å². The summed E-state index contributed by atoms with van der Waals surface area (Å²) in [6, 6.07) is 21.9. The molecule has 0 atom stereocenters. The number of aromatic hydroxyl groups is 1. The van der Waals surface area contributed by atoms with Crippen LogP contribution in [0.15, 0.2) is 71.2 Å². The second kappa shape index (κ2) is 10.4. The predicted octanol–water partition coefficient (Wildman–Crippen LogP) is 6.93. The lowest BCUT2D eigenvalue weighted by atomic mass is 10.1. The fraction of sp³-hybridized carbons (Fsp3) is 0.182. The summed E-state index contributed by atoms with van der Waals surface area (Å²) < 4.78 is 6.73. The Kier molecular flexibility index (Phi) is 8.20. The summed E-state index contributed by atoms with van der Waals surface area (Å²) in [6.07, 6.45) is 0. The topological polar surface area (TPSA) is 29.5 Å². The van der Waals surface area contributed by atoms with Crippen LogP contribution in [0.3, 0.4) is 0 Å². The summed E-state index contributed by atoms with van der Waals surface area (Å²) in [5.41, 5.74) is 4.37. The molecule has 0 radical (unpaired) electrons. The average molecular weight is 478 g/mol. The fourth-order valence-electron chi connectivity index (χ4n) is 2.42. The van der Waals surface area contributed by atoms with Gasteiger partial charge in [-0.1, -0.05) is 80.4 Å². The van der Waals surface area contributed by atoms with Crippen LogP contribution in [0.25, 0.3) is 0 Å². The maximum atomic E-state index is 9.86. The van der Waals surface area contributed by atoms with Gasteiger partial charge in [-0.05, 0) is 54.3 Å². The van der Waals surface area contributed by atoms with Crippen molar-refractivity contribution in [1.29, 1.82) is 0 Å². The summed E-state index contributed by atoms with van der Waals surface area (Å²) in [4.78, 5) is 0. The van der Waals surface area contributed by atoms with Crippen LogP contribution >= 0.6 is 31.9 Å². The maximum Gasteiger partial charge on any atom is 0.164 e. The lowest BCUT2D eigenvalue weighted by Gasteiger charge is -2.12. The van der Waals surface area contributed by atoms with E-state index in [2.05, 4.69) is 44.0 Å². The fourth-order valence-corrected chi connectivity index (χ4v) is 3.06. The highest BCUT2D eigenvalue weighted by atomic mass is 79.9. The van der Waals surface area contributed by atoms with E-state index < -0.39 is 0 Å². The van der Waals surface area contributed by atoms with E-state index in [1.165, 1.54) is 5.56 Å². The molecule has 0 saturated heterocycles. The molecule has 0 bridgehead atoms. The van der Waals surface area contributed by atoms with Crippen LogP contribution < -0.4 is 4.74 Å². The Morgan fingerprint density at radius 2 is 1.54 bits per heavy atom. The van der Waals surface area contributed by atoms with Crippen molar-refractivity contribution in [3.63, 3.8) is 0 Å². The Balaban J connectivity index is 0.000000254. The molecule has 0 aliphatic rings. The number of benzene rings is 3. The van der Waals surface area contributed by atoms with Crippen molar-refractivity contribution in [3.05, 3.63) is 93.5 Å². The van der Waals surface area contributed by atoms with E-state index in [0.717, 1.165) is 26.5 Å². The van der Waals surface area contributed by atoms with E-state index in [-0.39, 0.29) is 5.75 Å². The van der Waals surface area contributed by atoms with Crippen LogP contribution in [0, 0.1) is 13.8 Å². The first-order chi connectivity index (χ1) is 12.5. The molecule has 3 rings (SSSR count). The lowest BCUT2D eigenvalue weighted by molar-refractivity contribution is 0.287. The van der Waals surface area contributed by atoms with E-state index in [1.807, 2.05) is 62.4 Å². The Morgan fingerprint density at radius 1 is 0.885 bits per heavy atom. The van der Waals surface area contributed by atoms with Crippen molar-refractivity contribution in [1.82, 2.24) is 0 Å². The normalized spacial score (nSPS) is 10.0. The number of aryl methyl sites for hydroxylation is 2. The van der Waals surface area contributed by atoms with E-state index in [0.29, 0.717) is 12.4 Å². The summed E-state index contributed by atoms with van der Waals surface area (Å²) in [5.74, 6) is 0.758. The first kappa shape index (κ1) is 20.5. The van der Waals surface area contributed by atoms with Gasteiger partial charge in [0.25, 0.3) is 0 Å². The van der Waals surface area contributed by atoms with Crippen LogP contribution in [0.4, 0.5) is 0 Å². The van der Waals surface area contributed by atoms with Crippen LogP contribution in [0.1, 0.15) is 22.3 Å². The quantitative estimate of drug-likeness (QED) is 0.412. The third kappa shape index (κ3) is 6.50. The Labute approximate surface area is 172 Å². The van der Waals surface area contributed by atoms with E-state index in [4.69, 9.17) is 4.74 Å². The minimum Gasteiger partial charge on any atom is -0.504 e. The molecule has 0 amide bonds. The third-order valence-corrected chi connectivity index (χ3v) is 4.87. The van der Waals surface area contributed by atoms with Gasteiger partial charge in [-0.2, -0.15) is 0 Å². The largest absolute Gasteiger partial charge is 0.504 e. The van der Waals surface area contributed by atoms with Gasteiger partial charge in [-0.25, -0.2) is 0 Å². The highest BCUT2D eigenvalue weighted by molar-refractivity contribution is 9.10. The average Bonchev–Trinajstić information content (AvgIpc) is 2.63. The summed E-state index contributed by atoms with van der Waals surface area (Å²) in [5, 5.41) is 10.8. The van der Waals surface area contributed by atoms with Gasteiger partial charge in [0.15, 0.2) is 11.5 Å². The van der Waals surface area contributed by atoms with Crippen LogP contribution in [-0.4, -0.2) is 5.11 Å². The molecule has 3 aromatic carbocycles. The first-order valence-electron chi connectivity index (χ1n) is 8.27. The molecular weight excluding hydrogens is 456 g/mol. The van der Waals surface area contributed by atoms with Gasteiger partial charge in [0.05, 0.1) is 0 Å². The molecule has 3 aromatic rings. The van der Waals surface area contributed by atoms with Gasteiger partial charge in [0.2, 0.25) is 0 Å². The molecule has 2 nitrogen and oxygen atoms in total. The molecule has 0 heterocycles. The molecule has 26 heavy (non-hydrogen) atoms. The van der Waals surface area contributed by atoms with Crippen molar-refractivity contribution >= 4 is 31.9 Å². The molecule has 0 saturated carbocycles. The first-order valence-corrected chi connectivity index (χ1v) is 10.2. The Morgan fingerprint density at radius 3 is 2.08 bits per heavy atom. The lowest BCUT2D eigenvalue weighted by Crippen LogP contribution is -1.97. The van der Waals surface area contributed by atoms with E-state index in [9.17, 15) is 5.11 Å². The minimum absolute atomic E-state index is 0.199. The molecule has 0 spiro atoms. The Bertz CT molecular complexity index is 792.